The molecule has 0 spiro atoms. The molecule has 1 aliphatic rings. The average Bonchev–Trinajstić information content (AvgIpc) is 2.36. The van der Waals surface area contributed by atoms with Crippen LogP contribution in [0.25, 0.3) is 0 Å². The summed E-state index contributed by atoms with van der Waals surface area (Å²) in [5, 5.41) is 0. The molecule has 19 heavy (non-hydrogen) atoms. The van der Waals surface area contributed by atoms with Crippen LogP contribution in [0.15, 0.2) is 12.3 Å². The summed E-state index contributed by atoms with van der Waals surface area (Å²) < 4.78 is 32.4. The van der Waals surface area contributed by atoms with Crippen molar-refractivity contribution in [3.63, 3.8) is 0 Å². The van der Waals surface area contributed by atoms with Gasteiger partial charge in [-0.15, -0.1) is 0 Å². The van der Waals surface area contributed by atoms with Crippen LogP contribution in [0.3, 0.4) is 0 Å². The molecule has 0 radical (unpaired) electrons. The number of hydrogen-bond acceptors (Lipinski definition) is 3. The molecule has 0 aromatic carbocycles. The van der Waals surface area contributed by atoms with E-state index in [0.29, 0.717) is 16.5 Å². The van der Waals surface area contributed by atoms with Gasteiger partial charge in [0, 0.05) is 22.7 Å². The summed E-state index contributed by atoms with van der Waals surface area (Å²) in [7, 11) is 1.40. The van der Waals surface area contributed by atoms with E-state index < -0.39 is 18.4 Å². The zero-order valence-corrected chi connectivity index (χ0v) is 12.5. The summed E-state index contributed by atoms with van der Waals surface area (Å²) in [6.45, 7) is -0.206. The minimum Gasteiger partial charge on any atom is -0.480 e. The summed E-state index contributed by atoms with van der Waals surface area (Å²) in [5.74, 6) is -3.09. The highest BCUT2D eigenvalue weighted by Gasteiger charge is 2.38. The second-order valence-electron chi connectivity index (χ2n) is 4.36. The fourth-order valence-corrected chi connectivity index (χ4v) is 2.69. The molecule has 2 rings (SSSR count). The molecule has 4 nitrogen and oxygen atoms in total. The molecule has 0 saturated carbocycles. The number of alkyl halides is 2. The standard InChI is InChI=1S/C12H13F2IN2O2/c1-19-10-9(8(15)3-5-16-10)11(18)17-6-2-4-12(13,14)7-17/h3,5H,2,4,6-7H2,1H3. The molecule has 0 aliphatic carbocycles. The maximum atomic E-state index is 13.4. The normalized spacial score (nSPS) is 18.2. The maximum Gasteiger partial charge on any atom is 0.265 e. The Hall–Kier alpha value is -0.990. The van der Waals surface area contributed by atoms with Crippen LogP contribution >= 0.6 is 22.6 Å². The van der Waals surface area contributed by atoms with Gasteiger partial charge >= 0.3 is 0 Å². The predicted octanol–water partition coefficient (Wildman–Crippen LogP) is 2.57. The highest BCUT2D eigenvalue weighted by atomic mass is 127. The number of piperidine rings is 1. The number of carbonyl (C=O) groups is 1. The van der Waals surface area contributed by atoms with E-state index in [0.717, 1.165) is 0 Å². The van der Waals surface area contributed by atoms with Crippen LogP contribution in [0.1, 0.15) is 23.2 Å². The van der Waals surface area contributed by atoms with Gasteiger partial charge in [0.05, 0.1) is 13.7 Å². The highest BCUT2D eigenvalue weighted by molar-refractivity contribution is 14.1. The van der Waals surface area contributed by atoms with E-state index in [9.17, 15) is 13.6 Å². The Morgan fingerprint density at radius 3 is 2.95 bits per heavy atom. The Morgan fingerprint density at radius 1 is 1.58 bits per heavy atom. The molecule has 0 atom stereocenters. The number of pyridine rings is 1. The van der Waals surface area contributed by atoms with Gasteiger partial charge in [0.1, 0.15) is 5.56 Å². The van der Waals surface area contributed by atoms with Crippen molar-refractivity contribution in [3.8, 4) is 5.88 Å². The summed E-state index contributed by atoms with van der Waals surface area (Å²) in [5.41, 5.74) is 0.253. The second-order valence-corrected chi connectivity index (χ2v) is 5.53. The third-order valence-corrected chi connectivity index (χ3v) is 3.85. The fraction of sp³-hybridized carbons (Fsp3) is 0.500. The number of likely N-dealkylation sites (tertiary alicyclic amines) is 1. The fourth-order valence-electron chi connectivity index (χ4n) is 2.07. The van der Waals surface area contributed by atoms with Crippen molar-refractivity contribution in [2.75, 3.05) is 20.2 Å². The zero-order chi connectivity index (χ0) is 14.0. The van der Waals surface area contributed by atoms with Crippen LogP contribution in [0.4, 0.5) is 8.78 Å². The van der Waals surface area contributed by atoms with Gasteiger partial charge in [0.2, 0.25) is 5.88 Å². The first-order valence-corrected chi connectivity index (χ1v) is 6.88. The monoisotopic (exact) mass is 382 g/mol. The predicted molar refractivity (Wildman–Crippen MR) is 73.6 cm³/mol. The molecule has 1 saturated heterocycles. The van der Waals surface area contributed by atoms with Gasteiger partial charge in [-0.2, -0.15) is 0 Å². The van der Waals surface area contributed by atoms with Crippen molar-refractivity contribution in [2.24, 2.45) is 0 Å². The van der Waals surface area contributed by atoms with E-state index in [1.807, 2.05) is 22.6 Å². The average molecular weight is 382 g/mol. The number of nitrogens with zero attached hydrogens (tertiary/aromatic N) is 2. The van der Waals surface area contributed by atoms with Gasteiger partial charge in [-0.1, -0.05) is 0 Å². The number of rotatable bonds is 2. The zero-order valence-electron chi connectivity index (χ0n) is 10.3. The van der Waals surface area contributed by atoms with Crippen molar-refractivity contribution in [1.82, 2.24) is 9.88 Å². The molecule has 0 bridgehead atoms. The van der Waals surface area contributed by atoms with Crippen molar-refractivity contribution < 1.29 is 18.3 Å². The van der Waals surface area contributed by atoms with Crippen LogP contribution in [-0.2, 0) is 0 Å². The lowest BCUT2D eigenvalue weighted by Gasteiger charge is -2.32. The molecule has 0 N–H and O–H groups in total. The van der Waals surface area contributed by atoms with Crippen molar-refractivity contribution in [3.05, 3.63) is 21.4 Å². The molecule has 2 heterocycles. The summed E-state index contributed by atoms with van der Waals surface area (Å²) in [6, 6.07) is 1.65. The highest BCUT2D eigenvalue weighted by Crippen LogP contribution is 2.29. The van der Waals surface area contributed by atoms with E-state index >= 15 is 0 Å². The van der Waals surface area contributed by atoms with E-state index in [-0.39, 0.29) is 17.9 Å². The molecular formula is C12H13F2IN2O2. The summed E-state index contributed by atoms with van der Waals surface area (Å²) in [6.07, 6.45) is 1.65. The first-order valence-electron chi connectivity index (χ1n) is 5.80. The van der Waals surface area contributed by atoms with Crippen LogP contribution in [0.5, 0.6) is 5.88 Å². The third kappa shape index (κ3) is 3.13. The van der Waals surface area contributed by atoms with Crippen molar-refractivity contribution in [2.45, 2.75) is 18.8 Å². The molecule has 104 valence electrons. The lowest BCUT2D eigenvalue weighted by molar-refractivity contribution is -0.0561. The van der Waals surface area contributed by atoms with Gasteiger partial charge < -0.3 is 9.64 Å². The Balaban J connectivity index is 2.29. The SMILES string of the molecule is COc1nccc(I)c1C(=O)N1CCCC(F)(F)C1. The first-order chi connectivity index (χ1) is 8.94. The minimum atomic E-state index is -2.81. The Kier molecular flexibility index (Phi) is 4.22. The molecule has 7 heteroatoms. The van der Waals surface area contributed by atoms with Crippen molar-refractivity contribution >= 4 is 28.5 Å². The Morgan fingerprint density at radius 2 is 2.32 bits per heavy atom. The molecule has 0 unspecified atom stereocenters. The smallest absolute Gasteiger partial charge is 0.265 e. The van der Waals surface area contributed by atoms with Gasteiger partial charge in [-0.05, 0) is 35.1 Å². The molecule has 1 amide bonds. The second kappa shape index (κ2) is 5.56. The van der Waals surface area contributed by atoms with E-state index in [2.05, 4.69) is 4.98 Å². The lowest BCUT2D eigenvalue weighted by atomic mass is 10.1. The largest absolute Gasteiger partial charge is 0.480 e. The topological polar surface area (TPSA) is 42.4 Å². The third-order valence-electron chi connectivity index (χ3n) is 2.95. The Bertz CT molecular complexity index is 497. The number of hydrogen-bond donors (Lipinski definition) is 0. The van der Waals surface area contributed by atoms with Crippen molar-refractivity contribution in [1.29, 1.82) is 0 Å². The molecule has 1 aromatic rings. The number of methoxy groups -OCH3 is 1. The van der Waals surface area contributed by atoms with Gasteiger partial charge in [0.25, 0.3) is 11.8 Å². The van der Waals surface area contributed by atoms with Crippen LogP contribution in [-0.4, -0.2) is 41.9 Å². The van der Waals surface area contributed by atoms with Crippen LogP contribution in [0, 0.1) is 3.57 Å². The molecule has 1 aliphatic heterocycles. The van der Waals surface area contributed by atoms with Crippen LogP contribution < -0.4 is 4.74 Å². The molecule has 1 aromatic heterocycles. The van der Waals surface area contributed by atoms with Crippen LogP contribution in [0.2, 0.25) is 0 Å². The number of halogens is 3. The summed E-state index contributed by atoms with van der Waals surface area (Å²) in [4.78, 5) is 17.5. The van der Waals surface area contributed by atoms with Gasteiger partial charge in [-0.3, -0.25) is 4.79 Å². The lowest BCUT2D eigenvalue weighted by Crippen LogP contribution is -2.46. The maximum absolute atomic E-state index is 13.4. The van der Waals surface area contributed by atoms with Gasteiger partial charge in [-0.25, -0.2) is 13.8 Å². The minimum absolute atomic E-state index is 0.169. The molecule has 1 fully saturated rings. The Labute approximate surface area is 123 Å². The number of ether oxygens (including phenoxy) is 1. The number of amides is 1. The van der Waals surface area contributed by atoms with E-state index in [1.165, 1.54) is 18.2 Å². The number of carbonyl (C=O) groups excluding carboxylic acids is 1. The van der Waals surface area contributed by atoms with E-state index in [4.69, 9.17) is 4.74 Å². The van der Waals surface area contributed by atoms with E-state index in [1.54, 1.807) is 6.07 Å². The summed E-state index contributed by atoms with van der Waals surface area (Å²) >= 11 is 1.97. The van der Waals surface area contributed by atoms with Gasteiger partial charge in [0.15, 0.2) is 0 Å². The first kappa shape index (κ1) is 14.4. The quantitative estimate of drug-likeness (QED) is 0.739. The number of aromatic nitrogens is 1. The molecular weight excluding hydrogens is 369 g/mol.